The number of likely N-dealkylation sites (tertiary alicyclic amines) is 1. The molecule has 2 aromatic carbocycles. The number of nitrogens with zero attached hydrogens (tertiary/aromatic N) is 5. The monoisotopic (exact) mass is 442 g/mol. The molecule has 0 aliphatic carbocycles. The molecule has 1 aliphatic heterocycles. The number of carbonyl (C=O) groups excluding carboxylic acids is 1. The molecular weight excluding hydrogens is 416 g/mol. The molecule has 5 rings (SSSR count). The minimum Gasteiger partial charge on any atom is -0.309 e. The Morgan fingerprint density at radius 2 is 1.91 bits per heavy atom. The van der Waals surface area contributed by atoms with Crippen LogP contribution in [-0.2, 0) is 17.9 Å². The van der Waals surface area contributed by atoms with Crippen molar-refractivity contribution in [3.8, 4) is 0 Å². The molecule has 1 saturated heterocycles. The van der Waals surface area contributed by atoms with E-state index in [0.717, 1.165) is 31.6 Å². The van der Waals surface area contributed by atoms with Crippen LogP contribution in [0.15, 0.2) is 71.9 Å². The SMILES string of the molecule is Cc1cnn([C@@H]2CCN(Cc3ccccc3)C2)c1NC(=O)Cn1cnc2ccccc2c1=O. The van der Waals surface area contributed by atoms with E-state index in [9.17, 15) is 9.59 Å². The average molecular weight is 443 g/mol. The van der Waals surface area contributed by atoms with Gasteiger partial charge in [-0.1, -0.05) is 42.5 Å². The van der Waals surface area contributed by atoms with Crippen LogP contribution >= 0.6 is 0 Å². The molecule has 0 bridgehead atoms. The maximum Gasteiger partial charge on any atom is 0.261 e. The molecule has 33 heavy (non-hydrogen) atoms. The van der Waals surface area contributed by atoms with Crippen LogP contribution in [0.2, 0.25) is 0 Å². The van der Waals surface area contributed by atoms with Gasteiger partial charge in [-0.25, -0.2) is 9.67 Å². The minimum absolute atomic E-state index is 0.105. The van der Waals surface area contributed by atoms with Crippen molar-refractivity contribution in [3.05, 3.63) is 88.6 Å². The zero-order chi connectivity index (χ0) is 22.8. The molecule has 8 heteroatoms. The van der Waals surface area contributed by atoms with Gasteiger partial charge in [-0.3, -0.25) is 19.1 Å². The Hall–Kier alpha value is -3.78. The Labute approximate surface area is 191 Å². The highest BCUT2D eigenvalue weighted by molar-refractivity contribution is 5.90. The fraction of sp³-hybridized carbons (Fsp3) is 0.280. The number of fused-ring (bicyclic) bond motifs is 1. The second-order valence-electron chi connectivity index (χ2n) is 8.53. The van der Waals surface area contributed by atoms with E-state index in [1.807, 2.05) is 23.7 Å². The van der Waals surface area contributed by atoms with Gasteiger partial charge >= 0.3 is 0 Å². The van der Waals surface area contributed by atoms with Crippen LogP contribution in [0.25, 0.3) is 10.9 Å². The lowest BCUT2D eigenvalue weighted by Gasteiger charge is -2.18. The lowest BCUT2D eigenvalue weighted by Crippen LogP contribution is -2.29. The Kier molecular flexibility index (Phi) is 5.75. The summed E-state index contributed by atoms with van der Waals surface area (Å²) in [5.41, 5.74) is 2.58. The first-order chi connectivity index (χ1) is 16.1. The number of benzene rings is 2. The topological polar surface area (TPSA) is 85.1 Å². The summed E-state index contributed by atoms with van der Waals surface area (Å²) in [5.74, 6) is 0.409. The first-order valence-corrected chi connectivity index (χ1v) is 11.1. The molecule has 0 spiro atoms. The fourth-order valence-corrected chi connectivity index (χ4v) is 4.42. The average Bonchev–Trinajstić information content (AvgIpc) is 3.43. The van der Waals surface area contributed by atoms with Crippen LogP contribution in [0.4, 0.5) is 5.82 Å². The van der Waals surface area contributed by atoms with E-state index in [0.29, 0.717) is 16.7 Å². The van der Waals surface area contributed by atoms with Gasteiger partial charge in [0.1, 0.15) is 12.4 Å². The maximum absolute atomic E-state index is 12.8. The molecule has 1 aliphatic rings. The van der Waals surface area contributed by atoms with Gasteiger partial charge in [-0.2, -0.15) is 5.10 Å². The molecule has 168 valence electrons. The smallest absolute Gasteiger partial charge is 0.261 e. The number of nitrogens with one attached hydrogen (secondary N) is 1. The third-order valence-electron chi connectivity index (χ3n) is 6.12. The summed E-state index contributed by atoms with van der Waals surface area (Å²) in [6.45, 7) is 4.57. The third kappa shape index (κ3) is 4.42. The number of anilines is 1. The van der Waals surface area contributed by atoms with Crippen molar-refractivity contribution in [2.45, 2.75) is 32.5 Å². The standard InChI is InChI=1S/C25H26N6O2/c1-18-13-27-31(20-11-12-29(15-20)14-19-7-3-2-4-8-19)24(18)28-23(32)16-30-17-26-22-10-6-5-9-21(22)25(30)33/h2-10,13,17,20H,11-12,14-16H2,1H3,(H,28,32)/t20-/m1/s1. The van der Waals surface area contributed by atoms with Gasteiger partial charge in [0.25, 0.3) is 5.56 Å². The molecule has 1 amide bonds. The van der Waals surface area contributed by atoms with E-state index in [-0.39, 0.29) is 24.1 Å². The Morgan fingerprint density at radius 3 is 2.76 bits per heavy atom. The molecular formula is C25H26N6O2. The summed E-state index contributed by atoms with van der Waals surface area (Å²) < 4.78 is 3.25. The summed E-state index contributed by atoms with van der Waals surface area (Å²) >= 11 is 0. The molecule has 4 aromatic rings. The van der Waals surface area contributed by atoms with Crippen molar-refractivity contribution in [2.24, 2.45) is 0 Å². The number of aromatic nitrogens is 4. The highest BCUT2D eigenvalue weighted by Gasteiger charge is 2.27. The van der Waals surface area contributed by atoms with E-state index in [1.54, 1.807) is 24.4 Å². The Balaban J connectivity index is 1.28. The number of hydrogen-bond acceptors (Lipinski definition) is 5. The third-order valence-corrected chi connectivity index (χ3v) is 6.12. The lowest BCUT2D eigenvalue weighted by molar-refractivity contribution is -0.116. The predicted molar refractivity (Wildman–Crippen MR) is 127 cm³/mol. The van der Waals surface area contributed by atoms with E-state index < -0.39 is 0 Å². The van der Waals surface area contributed by atoms with Crippen LogP contribution in [0.1, 0.15) is 23.6 Å². The first kappa shape index (κ1) is 21.1. The van der Waals surface area contributed by atoms with E-state index >= 15 is 0 Å². The highest BCUT2D eigenvalue weighted by atomic mass is 16.2. The zero-order valence-electron chi connectivity index (χ0n) is 18.5. The summed E-state index contributed by atoms with van der Waals surface area (Å²) in [6, 6.07) is 17.7. The predicted octanol–water partition coefficient (Wildman–Crippen LogP) is 2.99. The molecule has 8 nitrogen and oxygen atoms in total. The van der Waals surface area contributed by atoms with Crippen molar-refractivity contribution in [3.63, 3.8) is 0 Å². The van der Waals surface area contributed by atoms with Crippen molar-refractivity contribution in [1.29, 1.82) is 0 Å². The zero-order valence-corrected chi connectivity index (χ0v) is 18.5. The number of aryl methyl sites for hydroxylation is 1. The van der Waals surface area contributed by atoms with E-state index in [1.165, 1.54) is 16.5 Å². The molecule has 0 unspecified atom stereocenters. The van der Waals surface area contributed by atoms with Crippen molar-refractivity contribution in [1.82, 2.24) is 24.2 Å². The fourth-order valence-electron chi connectivity index (χ4n) is 4.42. The summed E-state index contributed by atoms with van der Waals surface area (Å²) in [5, 5.41) is 8.03. The molecule has 0 radical (unpaired) electrons. The second-order valence-corrected chi connectivity index (χ2v) is 8.53. The van der Waals surface area contributed by atoms with Gasteiger partial charge in [0.2, 0.25) is 5.91 Å². The van der Waals surface area contributed by atoms with Crippen LogP contribution in [0.3, 0.4) is 0 Å². The van der Waals surface area contributed by atoms with E-state index in [2.05, 4.69) is 44.6 Å². The van der Waals surface area contributed by atoms with Gasteiger partial charge in [-0.15, -0.1) is 0 Å². The lowest BCUT2D eigenvalue weighted by atomic mass is 10.2. The summed E-state index contributed by atoms with van der Waals surface area (Å²) in [4.78, 5) is 32.3. The van der Waals surface area contributed by atoms with Crippen LogP contribution in [-0.4, -0.2) is 43.2 Å². The molecule has 2 aromatic heterocycles. The summed E-state index contributed by atoms with van der Waals surface area (Å²) in [6.07, 6.45) is 4.16. The van der Waals surface area contributed by atoms with Gasteiger partial charge < -0.3 is 5.32 Å². The number of rotatable bonds is 6. The summed E-state index contributed by atoms with van der Waals surface area (Å²) in [7, 11) is 0. The molecule has 0 saturated carbocycles. The van der Waals surface area contributed by atoms with Crippen molar-refractivity contribution < 1.29 is 4.79 Å². The first-order valence-electron chi connectivity index (χ1n) is 11.1. The van der Waals surface area contributed by atoms with Crippen molar-refractivity contribution in [2.75, 3.05) is 18.4 Å². The van der Waals surface area contributed by atoms with Crippen LogP contribution < -0.4 is 10.9 Å². The van der Waals surface area contributed by atoms with Gasteiger partial charge in [0.05, 0.1) is 29.5 Å². The van der Waals surface area contributed by atoms with Crippen LogP contribution in [0, 0.1) is 6.92 Å². The second kappa shape index (κ2) is 8.99. The largest absolute Gasteiger partial charge is 0.309 e. The molecule has 3 heterocycles. The number of carbonyl (C=O) groups is 1. The van der Waals surface area contributed by atoms with Crippen molar-refractivity contribution >= 4 is 22.6 Å². The molecule has 1 fully saturated rings. The Bertz CT molecular complexity index is 1340. The Morgan fingerprint density at radius 1 is 1.12 bits per heavy atom. The number of amides is 1. The quantitative estimate of drug-likeness (QED) is 0.496. The van der Waals surface area contributed by atoms with Gasteiger partial charge in [0.15, 0.2) is 0 Å². The molecule has 1 atom stereocenters. The molecule has 1 N–H and O–H groups in total. The number of para-hydroxylation sites is 1. The minimum atomic E-state index is -0.279. The van der Waals surface area contributed by atoms with Crippen LogP contribution in [0.5, 0.6) is 0 Å². The highest BCUT2D eigenvalue weighted by Crippen LogP contribution is 2.27. The number of hydrogen-bond donors (Lipinski definition) is 1. The van der Waals surface area contributed by atoms with E-state index in [4.69, 9.17) is 0 Å². The van der Waals surface area contributed by atoms with Gasteiger partial charge in [-0.05, 0) is 31.0 Å². The van der Waals surface area contributed by atoms with Gasteiger partial charge in [0, 0.05) is 25.2 Å². The normalized spacial score (nSPS) is 16.3. The maximum atomic E-state index is 12.8.